The van der Waals surface area contributed by atoms with Crippen LogP contribution in [-0.2, 0) is 0 Å². The Balaban J connectivity index is 1.42. The molecule has 0 spiro atoms. The third kappa shape index (κ3) is 4.92. The Bertz CT molecular complexity index is 1070. The lowest BCUT2D eigenvalue weighted by molar-refractivity contribution is 0.0746. The summed E-state index contributed by atoms with van der Waals surface area (Å²) in [7, 11) is 0. The van der Waals surface area contributed by atoms with E-state index in [1.165, 1.54) is 0 Å². The van der Waals surface area contributed by atoms with Crippen LogP contribution in [0.1, 0.15) is 17.3 Å². The van der Waals surface area contributed by atoms with Gasteiger partial charge < -0.3 is 14.5 Å². The van der Waals surface area contributed by atoms with Crippen molar-refractivity contribution in [3.8, 4) is 17.0 Å². The molecular formula is C23H22Cl2N4O2. The SMILES string of the molecule is CCOc1ccc(-c2cc(N3CCN(C(=O)c4ccc(Cl)c(Cl)c4)CC3)ncn2)cc1. The summed E-state index contributed by atoms with van der Waals surface area (Å²) in [6.07, 6.45) is 1.58. The Labute approximate surface area is 191 Å². The fourth-order valence-corrected chi connectivity index (χ4v) is 3.81. The van der Waals surface area contributed by atoms with Crippen molar-refractivity contribution in [2.45, 2.75) is 6.92 Å². The lowest BCUT2D eigenvalue weighted by atomic mass is 10.1. The highest BCUT2D eigenvalue weighted by molar-refractivity contribution is 6.42. The molecule has 160 valence electrons. The normalized spacial score (nSPS) is 13.9. The number of hydrogen-bond acceptors (Lipinski definition) is 5. The molecule has 0 unspecified atom stereocenters. The molecular weight excluding hydrogens is 435 g/mol. The molecule has 1 aliphatic rings. The first kappa shape index (κ1) is 21.4. The molecule has 1 amide bonds. The number of halogens is 2. The van der Waals surface area contributed by atoms with E-state index in [9.17, 15) is 4.79 Å². The van der Waals surface area contributed by atoms with Gasteiger partial charge in [-0.05, 0) is 49.4 Å². The molecule has 1 aliphatic heterocycles. The second-order valence-electron chi connectivity index (χ2n) is 7.13. The predicted octanol–water partition coefficient (Wildman–Crippen LogP) is 4.81. The third-order valence-corrected chi connectivity index (χ3v) is 5.91. The summed E-state index contributed by atoms with van der Waals surface area (Å²) in [5.41, 5.74) is 2.39. The van der Waals surface area contributed by atoms with E-state index in [1.54, 1.807) is 24.5 Å². The first-order valence-electron chi connectivity index (χ1n) is 10.1. The minimum atomic E-state index is -0.0454. The van der Waals surface area contributed by atoms with Gasteiger partial charge in [0.15, 0.2) is 0 Å². The minimum absolute atomic E-state index is 0.0454. The fourth-order valence-electron chi connectivity index (χ4n) is 3.52. The second kappa shape index (κ2) is 9.54. The maximum Gasteiger partial charge on any atom is 0.254 e. The molecule has 2 heterocycles. The maximum atomic E-state index is 12.8. The number of amides is 1. The van der Waals surface area contributed by atoms with Crippen LogP contribution in [-0.4, -0.2) is 53.6 Å². The average molecular weight is 457 g/mol. The predicted molar refractivity (Wildman–Crippen MR) is 123 cm³/mol. The second-order valence-corrected chi connectivity index (χ2v) is 7.94. The zero-order valence-electron chi connectivity index (χ0n) is 17.1. The summed E-state index contributed by atoms with van der Waals surface area (Å²) in [5, 5.41) is 0.823. The van der Waals surface area contributed by atoms with Gasteiger partial charge in [-0.25, -0.2) is 9.97 Å². The lowest BCUT2D eigenvalue weighted by Gasteiger charge is -2.35. The van der Waals surface area contributed by atoms with Crippen molar-refractivity contribution in [2.75, 3.05) is 37.7 Å². The van der Waals surface area contributed by atoms with Crippen molar-refractivity contribution in [3.05, 3.63) is 70.5 Å². The Morgan fingerprint density at radius 2 is 1.71 bits per heavy atom. The monoisotopic (exact) mass is 456 g/mol. The van der Waals surface area contributed by atoms with E-state index in [0.717, 1.165) is 22.8 Å². The summed E-state index contributed by atoms with van der Waals surface area (Å²) in [6.45, 7) is 5.17. The van der Waals surface area contributed by atoms with Crippen LogP contribution in [0, 0.1) is 0 Å². The number of aromatic nitrogens is 2. The molecule has 0 atom stereocenters. The zero-order chi connectivity index (χ0) is 21.8. The summed E-state index contributed by atoms with van der Waals surface area (Å²) < 4.78 is 5.50. The summed E-state index contributed by atoms with van der Waals surface area (Å²) in [4.78, 5) is 25.6. The molecule has 1 saturated heterocycles. The Morgan fingerprint density at radius 3 is 2.39 bits per heavy atom. The van der Waals surface area contributed by atoms with Gasteiger partial charge in [0.05, 0.1) is 22.3 Å². The molecule has 4 rings (SSSR count). The van der Waals surface area contributed by atoms with Crippen LogP contribution in [0.15, 0.2) is 54.9 Å². The average Bonchev–Trinajstić information content (AvgIpc) is 2.81. The van der Waals surface area contributed by atoms with Crippen LogP contribution in [0.25, 0.3) is 11.3 Å². The largest absolute Gasteiger partial charge is 0.494 e. The van der Waals surface area contributed by atoms with Gasteiger partial charge in [-0.1, -0.05) is 23.2 Å². The van der Waals surface area contributed by atoms with Crippen LogP contribution in [0.5, 0.6) is 5.75 Å². The van der Waals surface area contributed by atoms with Crippen molar-refractivity contribution < 1.29 is 9.53 Å². The Hall–Kier alpha value is -2.83. The smallest absolute Gasteiger partial charge is 0.254 e. The molecule has 0 radical (unpaired) electrons. The molecule has 1 fully saturated rings. The number of rotatable bonds is 5. The summed E-state index contributed by atoms with van der Waals surface area (Å²) in [5.74, 6) is 1.64. The molecule has 0 bridgehead atoms. The molecule has 3 aromatic rings. The van der Waals surface area contributed by atoms with Crippen molar-refractivity contribution >= 4 is 34.9 Å². The molecule has 0 N–H and O–H groups in total. The molecule has 8 heteroatoms. The molecule has 2 aromatic carbocycles. The van der Waals surface area contributed by atoms with Crippen molar-refractivity contribution in [2.24, 2.45) is 0 Å². The highest BCUT2D eigenvalue weighted by atomic mass is 35.5. The maximum absolute atomic E-state index is 12.8. The van der Waals surface area contributed by atoms with E-state index in [0.29, 0.717) is 48.4 Å². The Kier molecular flexibility index (Phi) is 6.59. The number of ether oxygens (including phenoxy) is 1. The van der Waals surface area contributed by atoms with Gasteiger partial charge in [0, 0.05) is 43.4 Å². The van der Waals surface area contributed by atoms with Gasteiger partial charge in [0.1, 0.15) is 17.9 Å². The van der Waals surface area contributed by atoms with Crippen molar-refractivity contribution in [3.63, 3.8) is 0 Å². The Morgan fingerprint density at radius 1 is 0.968 bits per heavy atom. The molecule has 0 saturated carbocycles. The van der Waals surface area contributed by atoms with Crippen molar-refractivity contribution in [1.29, 1.82) is 0 Å². The molecule has 31 heavy (non-hydrogen) atoms. The minimum Gasteiger partial charge on any atom is -0.494 e. The summed E-state index contributed by atoms with van der Waals surface area (Å²) in [6, 6.07) is 14.8. The van der Waals surface area contributed by atoms with Gasteiger partial charge in [0.2, 0.25) is 0 Å². The fraction of sp³-hybridized carbons (Fsp3) is 0.261. The quantitative estimate of drug-likeness (QED) is 0.551. The van der Waals surface area contributed by atoms with Gasteiger partial charge in [-0.2, -0.15) is 0 Å². The number of hydrogen-bond donors (Lipinski definition) is 0. The van der Waals surface area contributed by atoms with Crippen LogP contribution < -0.4 is 9.64 Å². The highest BCUT2D eigenvalue weighted by Gasteiger charge is 2.23. The standard InChI is InChI=1S/C23H22Cl2N4O2/c1-2-31-18-6-3-16(4-7-18)21-14-22(27-15-26-21)28-9-11-29(12-10-28)23(30)17-5-8-19(24)20(25)13-17/h3-8,13-15H,2,9-12H2,1H3. The van der Waals surface area contributed by atoms with Crippen LogP contribution in [0.3, 0.4) is 0 Å². The third-order valence-electron chi connectivity index (χ3n) is 5.17. The number of anilines is 1. The molecule has 1 aromatic heterocycles. The molecule has 0 aliphatic carbocycles. The summed E-state index contributed by atoms with van der Waals surface area (Å²) >= 11 is 12.0. The topological polar surface area (TPSA) is 58.6 Å². The van der Waals surface area contributed by atoms with Gasteiger partial charge >= 0.3 is 0 Å². The van der Waals surface area contributed by atoms with E-state index >= 15 is 0 Å². The number of piperazine rings is 1. The van der Waals surface area contributed by atoms with E-state index < -0.39 is 0 Å². The first-order valence-corrected chi connectivity index (χ1v) is 10.9. The van der Waals surface area contributed by atoms with Gasteiger partial charge in [-0.3, -0.25) is 4.79 Å². The van der Waals surface area contributed by atoms with Crippen LogP contribution >= 0.6 is 23.2 Å². The zero-order valence-corrected chi connectivity index (χ0v) is 18.6. The first-order chi connectivity index (χ1) is 15.0. The lowest BCUT2D eigenvalue weighted by Crippen LogP contribution is -2.49. The highest BCUT2D eigenvalue weighted by Crippen LogP contribution is 2.25. The van der Waals surface area contributed by atoms with Crippen LogP contribution in [0.4, 0.5) is 5.82 Å². The van der Waals surface area contributed by atoms with Gasteiger partial charge in [-0.15, -0.1) is 0 Å². The number of carbonyl (C=O) groups excluding carboxylic acids is 1. The van der Waals surface area contributed by atoms with E-state index in [2.05, 4.69) is 14.9 Å². The number of nitrogens with zero attached hydrogens (tertiary/aromatic N) is 4. The van der Waals surface area contributed by atoms with E-state index in [-0.39, 0.29) is 5.91 Å². The number of carbonyl (C=O) groups is 1. The van der Waals surface area contributed by atoms with E-state index in [4.69, 9.17) is 27.9 Å². The van der Waals surface area contributed by atoms with Crippen molar-refractivity contribution in [1.82, 2.24) is 14.9 Å². The van der Waals surface area contributed by atoms with Crippen LogP contribution in [0.2, 0.25) is 10.0 Å². The van der Waals surface area contributed by atoms with Gasteiger partial charge in [0.25, 0.3) is 5.91 Å². The molecule has 6 nitrogen and oxygen atoms in total. The number of benzene rings is 2. The van der Waals surface area contributed by atoms with E-state index in [1.807, 2.05) is 42.2 Å².